The third-order valence-electron chi connectivity index (χ3n) is 4.64. The number of sulfonamides is 1. The van der Waals surface area contributed by atoms with Gasteiger partial charge in [-0.05, 0) is 36.4 Å². The Morgan fingerprint density at radius 2 is 1.64 bits per heavy atom. The van der Waals surface area contributed by atoms with E-state index in [4.69, 9.17) is 9.47 Å². The maximum Gasteiger partial charge on any atom is 0.387 e. The second-order valence-corrected chi connectivity index (χ2v) is 8.63. The van der Waals surface area contributed by atoms with Crippen LogP contribution in [-0.4, -0.2) is 64.6 Å². The summed E-state index contributed by atoms with van der Waals surface area (Å²) in [6, 6.07) is 8.87. The molecule has 2 amide bonds. The lowest BCUT2D eigenvalue weighted by Crippen LogP contribution is -2.42. The number of carbonyl (C=O) groups is 2. The number of amides is 2. The molecule has 178 valence electrons. The van der Waals surface area contributed by atoms with Gasteiger partial charge in [-0.15, -0.1) is 0 Å². The van der Waals surface area contributed by atoms with Crippen LogP contribution < -0.4 is 20.3 Å². The first-order valence-electron chi connectivity index (χ1n) is 9.64. The second kappa shape index (κ2) is 10.6. The molecular formula is C20H21F2N3O7S. The highest BCUT2D eigenvalue weighted by Gasteiger charge is 2.27. The molecule has 3 rings (SSSR count). The number of nitrogens with one attached hydrogen (secondary N) is 2. The van der Waals surface area contributed by atoms with Crippen LogP contribution in [0.15, 0.2) is 47.4 Å². The van der Waals surface area contributed by atoms with Crippen molar-refractivity contribution in [3.8, 4) is 11.5 Å². The van der Waals surface area contributed by atoms with Crippen LogP contribution in [0.3, 0.4) is 0 Å². The number of carbonyl (C=O) groups excluding carboxylic acids is 2. The molecule has 0 unspecified atom stereocenters. The molecule has 0 aliphatic carbocycles. The molecule has 10 nitrogen and oxygen atoms in total. The summed E-state index contributed by atoms with van der Waals surface area (Å²) in [6.45, 7) is -2.09. The number of ether oxygens (including phenoxy) is 3. The molecule has 1 heterocycles. The van der Waals surface area contributed by atoms with Gasteiger partial charge in [0.15, 0.2) is 11.5 Å². The number of methoxy groups -OCH3 is 1. The van der Waals surface area contributed by atoms with Crippen LogP contribution in [0.4, 0.5) is 8.78 Å². The average molecular weight is 485 g/mol. The van der Waals surface area contributed by atoms with Crippen molar-refractivity contribution < 1.29 is 41.0 Å². The van der Waals surface area contributed by atoms with E-state index in [0.29, 0.717) is 0 Å². The molecule has 0 bridgehead atoms. The fraction of sp³-hybridized carbons (Fsp3) is 0.300. The smallest absolute Gasteiger partial charge is 0.387 e. The predicted octanol–water partition coefficient (Wildman–Crippen LogP) is 1.39. The molecule has 1 fully saturated rings. The molecule has 33 heavy (non-hydrogen) atoms. The topological polar surface area (TPSA) is 123 Å². The zero-order valence-electron chi connectivity index (χ0n) is 17.4. The highest BCUT2D eigenvalue weighted by Crippen LogP contribution is 2.29. The van der Waals surface area contributed by atoms with Crippen molar-refractivity contribution in [1.29, 1.82) is 0 Å². The van der Waals surface area contributed by atoms with E-state index in [9.17, 15) is 26.8 Å². The Bertz CT molecular complexity index is 1120. The van der Waals surface area contributed by atoms with Crippen molar-refractivity contribution in [3.63, 3.8) is 0 Å². The molecule has 0 atom stereocenters. The first-order chi connectivity index (χ1) is 15.7. The Morgan fingerprint density at radius 1 is 1.00 bits per heavy atom. The lowest BCUT2D eigenvalue weighted by atomic mass is 10.2. The third kappa shape index (κ3) is 5.94. The van der Waals surface area contributed by atoms with Gasteiger partial charge in [0.2, 0.25) is 10.0 Å². The van der Waals surface area contributed by atoms with Crippen molar-refractivity contribution in [1.82, 2.24) is 15.2 Å². The summed E-state index contributed by atoms with van der Waals surface area (Å²) in [7, 11) is -2.59. The van der Waals surface area contributed by atoms with E-state index in [2.05, 4.69) is 15.6 Å². The van der Waals surface area contributed by atoms with Gasteiger partial charge in [-0.1, -0.05) is 6.07 Å². The SMILES string of the molecule is COc1cc(C(=O)NNC(=O)c2cccc(S(=O)(=O)N3CCOCC3)c2)ccc1OC(F)F. The van der Waals surface area contributed by atoms with E-state index in [-0.39, 0.29) is 53.8 Å². The Morgan fingerprint density at radius 3 is 2.24 bits per heavy atom. The number of hydrogen-bond acceptors (Lipinski definition) is 7. The third-order valence-corrected chi connectivity index (χ3v) is 6.53. The number of hydrazine groups is 1. The summed E-state index contributed by atoms with van der Waals surface area (Å²) in [4.78, 5) is 24.7. The standard InChI is InChI=1S/C20H21F2N3O7S/c1-30-17-12-14(5-6-16(17)32-20(21)22)19(27)24-23-18(26)13-3-2-4-15(11-13)33(28,29)25-7-9-31-10-8-25/h2-6,11-12,20H,7-10H2,1H3,(H,23,26)(H,24,27). The molecule has 2 N–H and O–H groups in total. The maximum absolute atomic E-state index is 12.8. The Kier molecular flexibility index (Phi) is 7.79. The van der Waals surface area contributed by atoms with Crippen LogP contribution in [0.2, 0.25) is 0 Å². The molecule has 1 saturated heterocycles. The number of nitrogens with zero attached hydrogens (tertiary/aromatic N) is 1. The van der Waals surface area contributed by atoms with E-state index < -0.39 is 28.4 Å². The minimum atomic E-state index is -3.81. The number of hydrogen-bond donors (Lipinski definition) is 2. The molecule has 1 aliphatic rings. The quantitative estimate of drug-likeness (QED) is 0.568. The Labute approximate surface area is 188 Å². The van der Waals surface area contributed by atoms with Gasteiger partial charge < -0.3 is 14.2 Å². The zero-order valence-corrected chi connectivity index (χ0v) is 18.2. The molecule has 2 aromatic carbocycles. The van der Waals surface area contributed by atoms with E-state index in [1.165, 1.54) is 41.7 Å². The minimum absolute atomic E-state index is 0.00240. The lowest BCUT2D eigenvalue weighted by molar-refractivity contribution is -0.0512. The fourth-order valence-corrected chi connectivity index (χ4v) is 4.45. The highest BCUT2D eigenvalue weighted by molar-refractivity contribution is 7.89. The van der Waals surface area contributed by atoms with Gasteiger partial charge in [-0.3, -0.25) is 20.4 Å². The summed E-state index contributed by atoms with van der Waals surface area (Å²) in [5.74, 6) is -1.88. The van der Waals surface area contributed by atoms with Gasteiger partial charge in [0.05, 0.1) is 25.2 Å². The first-order valence-corrected chi connectivity index (χ1v) is 11.1. The normalized spacial score (nSPS) is 14.5. The molecule has 0 spiro atoms. The molecule has 1 aliphatic heterocycles. The minimum Gasteiger partial charge on any atom is -0.493 e. The van der Waals surface area contributed by atoms with Gasteiger partial charge in [0.25, 0.3) is 11.8 Å². The van der Waals surface area contributed by atoms with Gasteiger partial charge >= 0.3 is 6.61 Å². The largest absolute Gasteiger partial charge is 0.493 e. The van der Waals surface area contributed by atoms with Gasteiger partial charge in [-0.2, -0.15) is 13.1 Å². The van der Waals surface area contributed by atoms with E-state index >= 15 is 0 Å². The van der Waals surface area contributed by atoms with Crippen molar-refractivity contribution in [2.75, 3.05) is 33.4 Å². The monoisotopic (exact) mass is 485 g/mol. The van der Waals surface area contributed by atoms with Crippen LogP contribution >= 0.6 is 0 Å². The van der Waals surface area contributed by atoms with Gasteiger partial charge in [0.1, 0.15) is 0 Å². The predicted molar refractivity (Wildman–Crippen MR) is 111 cm³/mol. The zero-order chi connectivity index (χ0) is 24.0. The summed E-state index contributed by atoms with van der Waals surface area (Å²) in [5, 5.41) is 0. The van der Waals surface area contributed by atoms with Crippen molar-refractivity contribution in [3.05, 3.63) is 53.6 Å². The summed E-state index contributed by atoms with van der Waals surface area (Å²) < 4.78 is 66.0. The molecule has 13 heteroatoms. The maximum atomic E-state index is 12.8. The Balaban J connectivity index is 1.67. The fourth-order valence-electron chi connectivity index (χ4n) is 2.99. The van der Waals surface area contributed by atoms with Crippen LogP contribution in [0.5, 0.6) is 11.5 Å². The summed E-state index contributed by atoms with van der Waals surface area (Å²) in [6.07, 6.45) is 0. The summed E-state index contributed by atoms with van der Waals surface area (Å²) in [5.41, 5.74) is 4.35. The lowest BCUT2D eigenvalue weighted by Gasteiger charge is -2.26. The molecule has 0 saturated carbocycles. The van der Waals surface area contributed by atoms with Crippen molar-refractivity contribution >= 4 is 21.8 Å². The van der Waals surface area contributed by atoms with Gasteiger partial charge in [0, 0.05) is 24.2 Å². The number of halogens is 2. The van der Waals surface area contributed by atoms with E-state index in [1.54, 1.807) is 0 Å². The molecule has 0 aromatic heterocycles. The number of benzene rings is 2. The first kappa shape index (κ1) is 24.4. The molecule has 2 aromatic rings. The number of morpholine rings is 1. The van der Waals surface area contributed by atoms with E-state index in [0.717, 1.165) is 12.1 Å². The van der Waals surface area contributed by atoms with Crippen LogP contribution in [-0.2, 0) is 14.8 Å². The molecular weight excluding hydrogens is 464 g/mol. The Hall–Kier alpha value is -3.29. The van der Waals surface area contributed by atoms with Crippen molar-refractivity contribution in [2.24, 2.45) is 0 Å². The van der Waals surface area contributed by atoms with Gasteiger partial charge in [-0.25, -0.2) is 8.42 Å². The average Bonchev–Trinajstić information content (AvgIpc) is 2.82. The van der Waals surface area contributed by atoms with E-state index in [1.807, 2.05) is 0 Å². The summed E-state index contributed by atoms with van der Waals surface area (Å²) >= 11 is 0. The van der Waals surface area contributed by atoms with Crippen LogP contribution in [0.1, 0.15) is 20.7 Å². The van der Waals surface area contributed by atoms with Crippen LogP contribution in [0, 0.1) is 0 Å². The number of rotatable bonds is 7. The van der Waals surface area contributed by atoms with Crippen molar-refractivity contribution in [2.45, 2.75) is 11.5 Å². The van der Waals surface area contributed by atoms with Crippen LogP contribution in [0.25, 0.3) is 0 Å². The number of alkyl halides is 2. The molecule has 0 radical (unpaired) electrons. The highest BCUT2D eigenvalue weighted by atomic mass is 32.2. The second-order valence-electron chi connectivity index (χ2n) is 6.70.